The standard InChI is InChI=1S/C27H24IN3O5/c1-3-35-24-14-18(12-19(15-29)27(34)30-20-8-10-21(32)11-9-20)13-22(28)26(24)36-16-25(33)31-23-7-5-4-6-17(23)2/h4-14,32H,3,16H2,1-2H3,(H,30,34)(H,31,33)/b19-12+. The van der Waals surface area contributed by atoms with Crippen molar-refractivity contribution in [3.8, 4) is 23.3 Å². The normalized spacial score (nSPS) is 10.8. The Bertz CT molecular complexity index is 1330. The Morgan fingerprint density at radius 3 is 2.47 bits per heavy atom. The molecule has 0 aliphatic heterocycles. The minimum absolute atomic E-state index is 0.0667. The van der Waals surface area contributed by atoms with E-state index in [9.17, 15) is 20.0 Å². The van der Waals surface area contributed by atoms with Crippen LogP contribution in [0.1, 0.15) is 18.1 Å². The second-order valence-electron chi connectivity index (χ2n) is 7.59. The van der Waals surface area contributed by atoms with Crippen molar-refractivity contribution < 1.29 is 24.2 Å². The number of benzene rings is 3. The number of phenolic OH excluding ortho intramolecular Hbond substituents is 1. The lowest BCUT2D eigenvalue weighted by molar-refractivity contribution is -0.118. The van der Waals surface area contributed by atoms with Gasteiger partial charge in [0.25, 0.3) is 11.8 Å². The van der Waals surface area contributed by atoms with Crippen LogP contribution in [0.15, 0.2) is 66.2 Å². The third-order valence-corrected chi connectivity index (χ3v) is 5.70. The molecule has 3 aromatic carbocycles. The van der Waals surface area contributed by atoms with Crippen molar-refractivity contribution in [3.05, 3.63) is 80.9 Å². The van der Waals surface area contributed by atoms with Crippen molar-refractivity contribution in [2.45, 2.75) is 13.8 Å². The summed E-state index contributed by atoms with van der Waals surface area (Å²) >= 11 is 2.05. The van der Waals surface area contributed by atoms with Crippen LogP contribution < -0.4 is 20.1 Å². The van der Waals surface area contributed by atoms with Gasteiger partial charge in [-0.1, -0.05) is 18.2 Å². The minimum atomic E-state index is -0.593. The fourth-order valence-electron chi connectivity index (χ4n) is 3.17. The predicted octanol–water partition coefficient (Wildman–Crippen LogP) is 5.27. The molecule has 3 rings (SSSR count). The highest BCUT2D eigenvalue weighted by atomic mass is 127. The zero-order valence-electron chi connectivity index (χ0n) is 19.7. The van der Waals surface area contributed by atoms with Crippen LogP contribution in [-0.2, 0) is 9.59 Å². The summed E-state index contributed by atoms with van der Waals surface area (Å²) in [6.45, 7) is 3.84. The number of hydrogen-bond acceptors (Lipinski definition) is 6. The molecule has 0 aliphatic rings. The lowest BCUT2D eigenvalue weighted by Gasteiger charge is -2.15. The molecule has 0 radical (unpaired) electrons. The second kappa shape index (κ2) is 12.6. The van der Waals surface area contributed by atoms with Crippen molar-refractivity contribution in [1.29, 1.82) is 5.26 Å². The number of carbonyl (C=O) groups excluding carboxylic acids is 2. The average molecular weight is 597 g/mol. The summed E-state index contributed by atoms with van der Waals surface area (Å²) in [6.07, 6.45) is 1.44. The Balaban J connectivity index is 1.77. The van der Waals surface area contributed by atoms with Gasteiger partial charge in [0, 0.05) is 11.4 Å². The van der Waals surface area contributed by atoms with E-state index in [0.29, 0.717) is 38.6 Å². The van der Waals surface area contributed by atoms with E-state index in [2.05, 4.69) is 33.2 Å². The fraction of sp³-hybridized carbons (Fsp3) is 0.148. The van der Waals surface area contributed by atoms with Gasteiger partial charge in [0.15, 0.2) is 18.1 Å². The first kappa shape index (κ1) is 26.6. The quantitative estimate of drug-likeness (QED) is 0.134. The van der Waals surface area contributed by atoms with Crippen LogP contribution in [0.5, 0.6) is 17.2 Å². The maximum Gasteiger partial charge on any atom is 0.266 e. The smallest absolute Gasteiger partial charge is 0.266 e. The van der Waals surface area contributed by atoms with Crippen LogP contribution in [0.2, 0.25) is 0 Å². The van der Waals surface area contributed by atoms with Gasteiger partial charge in [0.05, 0.1) is 10.2 Å². The summed E-state index contributed by atoms with van der Waals surface area (Å²) in [5, 5.41) is 24.4. The van der Waals surface area contributed by atoms with Crippen molar-refractivity contribution in [1.82, 2.24) is 0 Å². The van der Waals surface area contributed by atoms with Crippen LogP contribution >= 0.6 is 22.6 Å². The largest absolute Gasteiger partial charge is 0.508 e. The maximum atomic E-state index is 12.6. The number of anilines is 2. The third kappa shape index (κ3) is 7.23. The number of halogens is 1. The molecule has 184 valence electrons. The molecule has 0 saturated carbocycles. The Kier molecular flexibility index (Phi) is 9.30. The molecule has 2 amide bonds. The Labute approximate surface area is 222 Å². The van der Waals surface area contributed by atoms with Gasteiger partial charge < -0.3 is 25.2 Å². The number of nitrogens with one attached hydrogen (secondary N) is 2. The number of carbonyl (C=O) groups is 2. The molecule has 3 aromatic rings. The fourth-order valence-corrected chi connectivity index (χ4v) is 3.95. The van der Waals surface area contributed by atoms with E-state index in [-0.39, 0.29) is 23.8 Å². The highest BCUT2D eigenvalue weighted by molar-refractivity contribution is 14.1. The van der Waals surface area contributed by atoms with Gasteiger partial charge in [0.2, 0.25) is 0 Å². The van der Waals surface area contributed by atoms with E-state index in [1.807, 2.05) is 44.2 Å². The molecular weight excluding hydrogens is 573 g/mol. The topological polar surface area (TPSA) is 121 Å². The number of ether oxygens (including phenoxy) is 2. The number of aryl methyl sites for hydroxylation is 1. The predicted molar refractivity (Wildman–Crippen MR) is 146 cm³/mol. The van der Waals surface area contributed by atoms with Gasteiger partial charge in [0.1, 0.15) is 17.4 Å². The van der Waals surface area contributed by atoms with Crippen LogP contribution in [0, 0.1) is 21.8 Å². The number of aromatic hydroxyl groups is 1. The summed E-state index contributed by atoms with van der Waals surface area (Å²) in [6, 6.07) is 18.6. The second-order valence-corrected chi connectivity index (χ2v) is 8.75. The summed E-state index contributed by atoms with van der Waals surface area (Å²) in [5.74, 6) is -0.0669. The molecule has 9 heteroatoms. The Morgan fingerprint density at radius 2 is 1.81 bits per heavy atom. The molecule has 0 spiro atoms. The highest BCUT2D eigenvalue weighted by Crippen LogP contribution is 2.35. The highest BCUT2D eigenvalue weighted by Gasteiger charge is 2.16. The van der Waals surface area contributed by atoms with E-state index < -0.39 is 5.91 Å². The van der Waals surface area contributed by atoms with Gasteiger partial charge in [-0.3, -0.25) is 9.59 Å². The molecule has 0 aromatic heterocycles. The van der Waals surface area contributed by atoms with Crippen molar-refractivity contribution >= 4 is 51.9 Å². The number of nitriles is 1. The number of rotatable bonds is 9. The molecule has 0 unspecified atom stereocenters. The van der Waals surface area contributed by atoms with E-state index >= 15 is 0 Å². The first-order valence-electron chi connectivity index (χ1n) is 11.0. The minimum Gasteiger partial charge on any atom is -0.508 e. The van der Waals surface area contributed by atoms with E-state index in [1.54, 1.807) is 12.1 Å². The van der Waals surface area contributed by atoms with Gasteiger partial charge in [-0.2, -0.15) is 5.26 Å². The maximum absolute atomic E-state index is 12.6. The van der Waals surface area contributed by atoms with E-state index in [0.717, 1.165) is 5.56 Å². The zero-order chi connectivity index (χ0) is 26.1. The number of amides is 2. The first-order valence-corrected chi connectivity index (χ1v) is 12.1. The molecule has 0 aliphatic carbocycles. The molecular formula is C27H24IN3O5. The molecule has 8 nitrogen and oxygen atoms in total. The average Bonchev–Trinajstić information content (AvgIpc) is 2.85. The molecule has 3 N–H and O–H groups in total. The molecule has 0 fully saturated rings. The molecule has 0 atom stereocenters. The van der Waals surface area contributed by atoms with E-state index in [1.165, 1.54) is 30.3 Å². The summed E-state index contributed by atoms with van der Waals surface area (Å²) in [5.41, 5.74) is 2.52. The summed E-state index contributed by atoms with van der Waals surface area (Å²) < 4.78 is 12.1. The molecule has 0 bridgehead atoms. The molecule has 0 heterocycles. The van der Waals surface area contributed by atoms with Crippen LogP contribution in [0.25, 0.3) is 6.08 Å². The van der Waals surface area contributed by atoms with Gasteiger partial charge in [-0.15, -0.1) is 0 Å². The van der Waals surface area contributed by atoms with Gasteiger partial charge >= 0.3 is 0 Å². The monoisotopic (exact) mass is 597 g/mol. The van der Waals surface area contributed by atoms with E-state index in [4.69, 9.17) is 9.47 Å². The Hall–Kier alpha value is -4.04. The van der Waals surface area contributed by atoms with Gasteiger partial charge in [-0.25, -0.2) is 0 Å². The van der Waals surface area contributed by atoms with Crippen molar-refractivity contribution in [2.24, 2.45) is 0 Å². The zero-order valence-corrected chi connectivity index (χ0v) is 21.8. The van der Waals surface area contributed by atoms with Crippen molar-refractivity contribution in [2.75, 3.05) is 23.8 Å². The lowest BCUT2D eigenvalue weighted by Crippen LogP contribution is -2.21. The van der Waals surface area contributed by atoms with Gasteiger partial charge in [-0.05, 0) is 96.1 Å². The van der Waals surface area contributed by atoms with Crippen LogP contribution in [-0.4, -0.2) is 30.1 Å². The molecule has 0 saturated heterocycles. The number of nitrogens with zero attached hydrogens (tertiary/aromatic N) is 1. The first-order chi connectivity index (χ1) is 17.3. The SMILES string of the molecule is CCOc1cc(/C=C(\C#N)C(=O)Nc2ccc(O)cc2)cc(I)c1OCC(=O)Nc1ccccc1C. The Morgan fingerprint density at radius 1 is 1.08 bits per heavy atom. The number of para-hydroxylation sites is 1. The third-order valence-electron chi connectivity index (χ3n) is 4.90. The summed E-state index contributed by atoms with van der Waals surface area (Å²) in [7, 11) is 0. The number of hydrogen-bond donors (Lipinski definition) is 3. The number of phenols is 1. The van der Waals surface area contributed by atoms with Crippen molar-refractivity contribution in [3.63, 3.8) is 0 Å². The summed E-state index contributed by atoms with van der Waals surface area (Å²) in [4.78, 5) is 25.0. The van der Waals surface area contributed by atoms with Crippen LogP contribution in [0.4, 0.5) is 11.4 Å². The molecule has 36 heavy (non-hydrogen) atoms. The lowest BCUT2D eigenvalue weighted by atomic mass is 10.1. The van der Waals surface area contributed by atoms with Crippen LogP contribution in [0.3, 0.4) is 0 Å².